The second-order valence-corrected chi connectivity index (χ2v) is 11.4. The minimum absolute atomic E-state index is 0.127. The first kappa shape index (κ1) is 21.0. The molecule has 0 saturated carbocycles. The van der Waals surface area contributed by atoms with Gasteiger partial charge in [-0.05, 0) is 0 Å². The van der Waals surface area contributed by atoms with Crippen molar-refractivity contribution in [2.75, 3.05) is 6.61 Å². The molecule has 122 valence electrons. The molecule has 0 aromatic carbocycles. The van der Waals surface area contributed by atoms with Crippen LogP contribution in [0.15, 0.2) is 10.2 Å². The van der Waals surface area contributed by atoms with Gasteiger partial charge in [-0.1, -0.05) is 0 Å². The Bertz CT molecular complexity index is 278. The predicted octanol–water partition coefficient (Wildman–Crippen LogP) is 5.50. The van der Waals surface area contributed by atoms with Crippen LogP contribution in [0.1, 0.15) is 85.5 Å². The van der Waals surface area contributed by atoms with E-state index < -0.39 is 21.1 Å². The molecule has 0 aromatic rings. The molecule has 0 heterocycles. The Kier molecular flexibility index (Phi) is 12.5. The zero-order valence-electron chi connectivity index (χ0n) is 14.6. The van der Waals surface area contributed by atoms with Gasteiger partial charge in [-0.2, -0.15) is 0 Å². The van der Waals surface area contributed by atoms with Crippen LogP contribution in [0.3, 0.4) is 0 Å². The average molecular weight is 401 g/mol. The molecule has 0 N–H and O–H groups in total. The van der Waals surface area contributed by atoms with Crippen molar-refractivity contribution >= 4 is 27.1 Å². The molecule has 0 atom stereocenters. The van der Waals surface area contributed by atoms with E-state index in [1.165, 1.54) is 57.8 Å². The van der Waals surface area contributed by atoms with E-state index in [4.69, 9.17) is 4.74 Å². The first-order valence-corrected chi connectivity index (χ1v) is 11.5. The Hall–Kier alpha value is 0.00870. The van der Waals surface area contributed by atoms with Crippen LogP contribution in [0.5, 0.6) is 0 Å². The van der Waals surface area contributed by atoms with Gasteiger partial charge in [0.15, 0.2) is 0 Å². The van der Waals surface area contributed by atoms with Crippen molar-refractivity contribution in [3.63, 3.8) is 0 Å². The molecule has 0 rings (SSSR count). The van der Waals surface area contributed by atoms with E-state index >= 15 is 0 Å². The summed E-state index contributed by atoms with van der Waals surface area (Å²) < 4.78 is 6.43. The van der Waals surface area contributed by atoms with Crippen LogP contribution in [-0.2, 0) is 9.53 Å². The SMILES string of the molecule is C=[C]([Sn][C](CCCC)(CCCC)CCCC)C(=O)OCC. The van der Waals surface area contributed by atoms with Crippen molar-refractivity contribution in [2.24, 2.45) is 0 Å². The molecule has 0 aliphatic rings. The van der Waals surface area contributed by atoms with Gasteiger partial charge in [0.1, 0.15) is 0 Å². The molecule has 0 fully saturated rings. The number of hydrogen-bond acceptors (Lipinski definition) is 2. The number of unbranched alkanes of at least 4 members (excludes halogenated alkanes) is 3. The maximum atomic E-state index is 12.0. The van der Waals surface area contributed by atoms with Crippen LogP contribution in [0.4, 0.5) is 0 Å². The summed E-state index contributed by atoms with van der Waals surface area (Å²) in [5.41, 5.74) is 0. The van der Waals surface area contributed by atoms with Crippen LogP contribution in [0.25, 0.3) is 0 Å². The Morgan fingerprint density at radius 3 is 1.71 bits per heavy atom. The molecule has 3 heteroatoms. The fourth-order valence-electron chi connectivity index (χ4n) is 2.70. The number of rotatable bonds is 13. The number of carbonyl (C=O) groups excluding carboxylic acids is 1. The molecule has 0 aliphatic heterocycles. The predicted molar refractivity (Wildman–Crippen MR) is 92.8 cm³/mol. The van der Waals surface area contributed by atoms with Crippen molar-refractivity contribution in [1.82, 2.24) is 0 Å². The summed E-state index contributed by atoms with van der Waals surface area (Å²) >= 11 is -0.983. The van der Waals surface area contributed by atoms with Crippen LogP contribution < -0.4 is 0 Å². The summed E-state index contributed by atoms with van der Waals surface area (Å²) in [6.45, 7) is 13.2. The third-order valence-corrected chi connectivity index (χ3v) is 9.06. The van der Waals surface area contributed by atoms with Gasteiger partial charge < -0.3 is 0 Å². The molecule has 2 radical (unpaired) electrons. The Morgan fingerprint density at radius 2 is 1.38 bits per heavy atom. The van der Waals surface area contributed by atoms with Gasteiger partial charge in [-0.25, -0.2) is 0 Å². The Labute approximate surface area is 142 Å². The molecule has 0 unspecified atom stereocenters. The van der Waals surface area contributed by atoms with Gasteiger partial charge in [0.05, 0.1) is 0 Å². The topological polar surface area (TPSA) is 26.3 Å². The molecular formula is C18H34O2Sn. The van der Waals surface area contributed by atoms with Crippen molar-refractivity contribution in [2.45, 2.75) is 88.9 Å². The van der Waals surface area contributed by atoms with Gasteiger partial charge in [0.2, 0.25) is 0 Å². The minimum atomic E-state index is -0.983. The molecule has 21 heavy (non-hydrogen) atoms. The van der Waals surface area contributed by atoms with Crippen molar-refractivity contribution in [3.05, 3.63) is 10.2 Å². The summed E-state index contributed by atoms with van der Waals surface area (Å²) in [6, 6.07) is 0. The maximum absolute atomic E-state index is 12.0. The summed E-state index contributed by atoms with van der Waals surface area (Å²) in [6.07, 6.45) is 11.4. The van der Waals surface area contributed by atoms with Gasteiger partial charge in [0, 0.05) is 0 Å². The van der Waals surface area contributed by atoms with E-state index in [-0.39, 0.29) is 5.97 Å². The van der Waals surface area contributed by atoms with Crippen molar-refractivity contribution in [3.8, 4) is 0 Å². The molecule has 0 aromatic heterocycles. The van der Waals surface area contributed by atoms with Gasteiger partial charge in [-0.15, -0.1) is 0 Å². The zero-order valence-corrected chi connectivity index (χ0v) is 17.4. The van der Waals surface area contributed by atoms with Crippen LogP contribution in [-0.4, -0.2) is 33.7 Å². The fourth-order valence-corrected chi connectivity index (χ4v) is 7.61. The molecule has 0 amide bonds. The molecule has 0 spiro atoms. The normalized spacial score (nSPS) is 11.4. The number of esters is 1. The van der Waals surface area contributed by atoms with E-state index in [2.05, 4.69) is 27.4 Å². The first-order valence-electron chi connectivity index (χ1n) is 8.69. The number of carbonyl (C=O) groups is 1. The van der Waals surface area contributed by atoms with Crippen LogP contribution in [0.2, 0.25) is 3.43 Å². The van der Waals surface area contributed by atoms with Gasteiger partial charge in [-0.3, -0.25) is 0 Å². The summed E-state index contributed by atoms with van der Waals surface area (Å²) in [5.74, 6) is -0.127. The van der Waals surface area contributed by atoms with E-state index in [1.807, 2.05) is 6.92 Å². The molecule has 0 aliphatic carbocycles. The third-order valence-electron chi connectivity index (χ3n) is 3.96. The van der Waals surface area contributed by atoms with E-state index in [1.54, 1.807) is 0 Å². The second-order valence-electron chi connectivity index (χ2n) is 5.92. The van der Waals surface area contributed by atoms with Gasteiger partial charge >= 0.3 is 142 Å². The quantitative estimate of drug-likeness (QED) is 0.232. The zero-order chi connectivity index (χ0) is 16.1. The van der Waals surface area contributed by atoms with Crippen LogP contribution >= 0.6 is 0 Å². The van der Waals surface area contributed by atoms with E-state index in [0.29, 0.717) is 10.0 Å². The van der Waals surface area contributed by atoms with Crippen LogP contribution in [0, 0.1) is 0 Å². The third kappa shape index (κ3) is 8.90. The van der Waals surface area contributed by atoms with E-state index in [0.717, 1.165) is 3.59 Å². The van der Waals surface area contributed by atoms with Crippen molar-refractivity contribution in [1.29, 1.82) is 0 Å². The molecule has 0 bridgehead atoms. The Balaban J connectivity index is 4.92. The fraction of sp³-hybridized carbons (Fsp3) is 0.833. The monoisotopic (exact) mass is 402 g/mol. The summed E-state index contributed by atoms with van der Waals surface area (Å²) in [7, 11) is 0. The molecular weight excluding hydrogens is 367 g/mol. The van der Waals surface area contributed by atoms with Gasteiger partial charge in [0.25, 0.3) is 0 Å². The molecule has 0 saturated heterocycles. The first-order chi connectivity index (χ1) is 10.0. The standard InChI is InChI=1S/C13H27.C5H7O2.Sn/c1-4-7-10-13(11-8-5-2)12-9-6-3;1-3-5(6)7-4-2;/h4-12H2,1-3H3;1,4H2,2H3;. The summed E-state index contributed by atoms with van der Waals surface area (Å²) in [5, 5.41) is 0. The Morgan fingerprint density at radius 1 is 0.952 bits per heavy atom. The second kappa shape index (κ2) is 12.5. The number of hydrogen-bond donors (Lipinski definition) is 0. The molecule has 2 nitrogen and oxygen atoms in total. The van der Waals surface area contributed by atoms with Crippen molar-refractivity contribution < 1.29 is 9.53 Å². The summed E-state index contributed by atoms with van der Waals surface area (Å²) in [4.78, 5) is 12.0. The average Bonchev–Trinajstić information content (AvgIpc) is 2.48. The van der Waals surface area contributed by atoms with E-state index in [9.17, 15) is 4.79 Å². The number of ether oxygens (including phenoxy) is 1.